The fourth-order valence-electron chi connectivity index (χ4n) is 8.48. The van der Waals surface area contributed by atoms with Crippen LogP contribution in [0.15, 0.2) is 0 Å². The Hall–Kier alpha value is -1.07. The molecule has 0 aromatic rings. The minimum atomic E-state index is -1.78. The molecule has 0 aliphatic rings. The lowest BCUT2D eigenvalue weighted by Gasteiger charge is -2.31. The first kappa shape index (κ1) is 54.9. The maximum atomic E-state index is 14.0. The molecule has 2 N–H and O–H groups in total. The van der Waals surface area contributed by atoms with Gasteiger partial charge in [-0.2, -0.15) is 0 Å². The highest BCUT2D eigenvalue weighted by molar-refractivity contribution is 6.29. The van der Waals surface area contributed by atoms with Gasteiger partial charge in [0.1, 0.15) is 0 Å². The Morgan fingerprint density at radius 3 is 0.679 bits per heavy atom. The molecule has 0 aliphatic heterocycles. The third kappa shape index (κ3) is 31.9. The van der Waals surface area contributed by atoms with Gasteiger partial charge < -0.3 is 5.11 Å². The number of hydrogen-bond acceptors (Lipinski definition) is 5. The Morgan fingerprint density at radius 1 is 0.321 bits per heavy atom. The molecule has 0 fully saturated rings. The van der Waals surface area contributed by atoms with Crippen molar-refractivity contribution in [3.05, 3.63) is 0 Å². The quantitative estimate of drug-likeness (QED) is 0.0474. The first-order valence-corrected chi connectivity index (χ1v) is 25.5. The predicted molar refractivity (Wildman–Crippen MR) is 244 cm³/mol. The molecule has 0 rings (SSSR count). The highest BCUT2D eigenvalue weighted by Gasteiger charge is 2.49. The summed E-state index contributed by atoms with van der Waals surface area (Å²) in [6, 6.07) is 0. The number of hydrogen-bond donors (Lipinski definition) is 2. The van der Waals surface area contributed by atoms with E-state index in [0.717, 1.165) is 57.8 Å². The second kappa shape index (κ2) is 43.5. The Morgan fingerprint density at radius 2 is 0.500 bits per heavy atom. The lowest BCUT2D eigenvalue weighted by atomic mass is 9.78. The zero-order valence-electron chi connectivity index (χ0n) is 38.3. The van der Waals surface area contributed by atoms with E-state index in [1.54, 1.807) is 0 Å². The average Bonchev–Trinajstić information content (AvgIpc) is 3.20. The summed E-state index contributed by atoms with van der Waals surface area (Å²) < 4.78 is 0. The predicted octanol–water partition coefficient (Wildman–Crippen LogP) is 15.5. The number of nitrogens with one attached hydrogen (secondary N) is 1. The van der Waals surface area contributed by atoms with Crippen molar-refractivity contribution in [2.45, 2.75) is 296 Å². The molecule has 0 bridgehead atoms. The Labute approximate surface area is 350 Å². The van der Waals surface area contributed by atoms with Crippen LogP contribution in [-0.4, -0.2) is 41.1 Å². The number of aliphatic hydroxyl groups is 1. The Balaban J connectivity index is 4.89. The van der Waals surface area contributed by atoms with Crippen molar-refractivity contribution in [3.63, 3.8) is 0 Å². The van der Waals surface area contributed by atoms with Gasteiger partial charge in [0.05, 0.1) is 6.61 Å². The second-order valence-corrected chi connectivity index (χ2v) is 17.6. The van der Waals surface area contributed by atoms with E-state index in [1.165, 1.54) is 193 Å². The van der Waals surface area contributed by atoms with Crippen molar-refractivity contribution in [2.24, 2.45) is 0 Å². The number of carbonyl (C=O) groups excluding carboxylic acids is 3. The van der Waals surface area contributed by atoms with E-state index in [9.17, 15) is 19.5 Å². The van der Waals surface area contributed by atoms with E-state index < -0.39 is 5.54 Å². The van der Waals surface area contributed by atoms with Gasteiger partial charge in [0, 0.05) is 25.8 Å². The molecule has 0 spiro atoms. The highest BCUT2D eigenvalue weighted by atomic mass is 16.3. The summed E-state index contributed by atoms with van der Waals surface area (Å²) in [5, 5.41) is 12.8. The molecule has 332 valence electrons. The van der Waals surface area contributed by atoms with Gasteiger partial charge in [-0.3, -0.25) is 19.7 Å². The lowest BCUT2D eigenvalue weighted by molar-refractivity contribution is -0.144. The van der Waals surface area contributed by atoms with Crippen molar-refractivity contribution in [3.8, 4) is 0 Å². The summed E-state index contributed by atoms with van der Waals surface area (Å²) in [6.45, 7) is 6.68. The topological polar surface area (TPSA) is 83.5 Å². The summed E-state index contributed by atoms with van der Waals surface area (Å²) in [5.41, 5.74) is -1.78. The van der Waals surface area contributed by atoms with Gasteiger partial charge in [0.15, 0.2) is 22.9 Å². The normalized spacial score (nSPS) is 11.8. The summed E-state index contributed by atoms with van der Waals surface area (Å²) in [6.07, 6.45) is 48.7. The zero-order chi connectivity index (χ0) is 41.1. The fourth-order valence-corrected chi connectivity index (χ4v) is 8.48. The van der Waals surface area contributed by atoms with Gasteiger partial charge in [0.25, 0.3) is 0 Å². The van der Waals surface area contributed by atoms with Gasteiger partial charge in [-0.15, -0.1) is 0 Å². The van der Waals surface area contributed by atoms with E-state index in [4.69, 9.17) is 0 Å². The van der Waals surface area contributed by atoms with E-state index >= 15 is 0 Å². The fraction of sp³-hybridized carbons (Fsp3) is 0.941. The Kier molecular flexibility index (Phi) is 42.7. The monoisotopic (exact) mass is 790 g/mol. The van der Waals surface area contributed by atoms with Crippen molar-refractivity contribution in [2.75, 3.05) is 13.2 Å². The summed E-state index contributed by atoms with van der Waals surface area (Å²) in [5.74, 6) is -0.768. The zero-order valence-corrected chi connectivity index (χ0v) is 38.3. The number of carbonyl (C=O) groups is 3. The molecule has 0 amide bonds. The van der Waals surface area contributed by atoms with Gasteiger partial charge in [-0.25, -0.2) is 0 Å². The van der Waals surface area contributed by atoms with Crippen LogP contribution in [0.3, 0.4) is 0 Å². The van der Waals surface area contributed by atoms with Crippen LogP contribution in [0.2, 0.25) is 0 Å². The number of unbranched alkanes of at least 4 members (excludes halogenated alkanes) is 36. The number of β-amino-alcohol motifs (C(OH)–C–C–N with tert-alkyl or cyclic N) is 1. The molecule has 0 radical (unpaired) electrons. The van der Waals surface area contributed by atoms with Crippen LogP contribution in [0, 0.1) is 0 Å². The number of rotatable bonds is 48. The Bertz CT molecular complexity index is 754. The van der Waals surface area contributed by atoms with E-state index in [2.05, 4.69) is 26.1 Å². The van der Waals surface area contributed by atoms with Gasteiger partial charge in [-0.1, -0.05) is 252 Å². The van der Waals surface area contributed by atoms with Crippen LogP contribution >= 0.6 is 0 Å². The smallest absolute Gasteiger partial charge is 0.195 e. The van der Waals surface area contributed by atoms with E-state index in [1.807, 2.05) is 0 Å². The standard InChI is InChI=1S/C51H99NO4/c1-4-7-10-13-16-19-22-25-28-31-34-37-40-43-48(54)51(52-46-47-53,49(55)44-41-38-35-32-29-26-23-20-17-14-11-8-5-2)50(56)45-42-39-36-33-30-27-24-21-18-15-12-9-6-3/h52-53H,4-47H2,1-3H3. The summed E-state index contributed by atoms with van der Waals surface area (Å²) >= 11 is 0. The number of ketones is 3. The minimum absolute atomic E-state index is 0.0824. The van der Waals surface area contributed by atoms with Crippen molar-refractivity contribution < 1.29 is 19.5 Å². The first-order chi connectivity index (χ1) is 27.5. The van der Waals surface area contributed by atoms with Crippen LogP contribution in [0.4, 0.5) is 0 Å². The van der Waals surface area contributed by atoms with Crippen molar-refractivity contribution in [1.29, 1.82) is 0 Å². The van der Waals surface area contributed by atoms with Gasteiger partial charge in [-0.05, 0) is 19.3 Å². The SMILES string of the molecule is CCCCCCCCCCCCCCCC(=O)C(NCCO)(C(=O)CCCCCCCCCCCCCCC)C(=O)CCCCCCCCCCCCCCC. The largest absolute Gasteiger partial charge is 0.395 e. The van der Waals surface area contributed by atoms with Crippen molar-refractivity contribution >= 4 is 17.3 Å². The van der Waals surface area contributed by atoms with Crippen molar-refractivity contribution in [1.82, 2.24) is 5.32 Å². The van der Waals surface area contributed by atoms with Crippen LogP contribution in [0.25, 0.3) is 0 Å². The van der Waals surface area contributed by atoms with Gasteiger partial charge >= 0.3 is 0 Å². The third-order valence-electron chi connectivity index (χ3n) is 12.3. The molecule has 0 atom stereocenters. The molecule has 0 saturated heterocycles. The molecule has 5 nitrogen and oxygen atoms in total. The van der Waals surface area contributed by atoms with Crippen LogP contribution in [0.5, 0.6) is 0 Å². The number of Topliss-reactive ketones (excluding diaryl/α,β-unsaturated/α-hetero) is 3. The average molecular weight is 790 g/mol. The maximum absolute atomic E-state index is 14.0. The van der Waals surface area contributed by atoms with Crippen LogP contribution in [-0.2, 0) is 14.4 Å². The van der Waals surface area contributed by atoms with Crippen LogP contribution in [0.1, 0.15) is 290 Å². The molecule has 5 heteroatoms. The minimum Gasteiger partial charge on any atom is -0.395 e. The molecule has 0 heterocycles. The van der Waals surface area contributed by atoms with Gasteiger partial charge in [0.2, 0.25) is 0 Å². The third-order valence-corrected chi connectivity index (χ3v) is 12.3. The molecular formula is C51H99NO4. The molecule has 0 aliphatic carbocycles. The van der Waals surface area contributed by atoms with E-state index in [0.29, 0.717) is 0 Å². The highest BCUT2D eigenvalue weighted by Crippen LogP contribution is 2.24. The molecule has 0 aromatic heterocycles. The molecule has 0 aromatic carbocycles. The maximum Gasteiger partial charge on any atom is 0.195 e. The van der Waals surface area contributed by atoms with E-state index in [-0.39, 0.29) is 49.8 Å². The molecule has 0 unspecified atom stereocenters. The number of aliphatic hydroxyl groups excluding tert-OH is 1. The summed E-state index contributed by atoms with van der Waals surface area (Å²) in [4.78, 5) is 42.1. The molecule has 0 saturated carbocycles. The molecule has 56 heavy (non-hydrogen) atoms. The molecular weight excluding hydrogens is 691 g/mol. The first-order valence-electron chi connectivity index (χ1n) is 25.5. The van der Waals surface area contributed by atoms with Crippen LogP contribution < -0.4 is 5.32 Å². The summed E-state index contributed by atoms with van der Waals surface area (Å²) in [7, 11) is 0. The lowest BCUT2D eigenvalue weighted by Crippen LogP contribution is -2.64. The second-order valence-electron chi connectivity index (χ2n) is 17.6.